The Bertz CT molecular complexity index is 1570. The number of aryl methyl sites for hydroxylation is 2. The quantitative estimate of drug-likeness (QED) is 0.333. The van der Waals surface area contributed by atoms with Crippen molar-refractivity contribution in [1.82, 2.24) is 19.1 Å². The Kier molecular flexibility index (Phi) is 7.04. The van der Waals surface area contributed by atoms with Gasteiger partial charge in [0.05, 0.1) is 18.0 Å². The molecular formula is C27H21ClFN5O. The topological polar surface area (TPSA) is 76.5 Å². The van der Waals surface area contributed by atoms with Crippen molar-refractivity contribution in [3.05, 3.63) is 118 Å². The van der Waals surface area contributed by atoms with Gasteiger partial charge < -0.3 is 4.57 Å². The van der Waals surface area contributed by atoms with Gasteiger partial charge in [-0.3, -0.25) is 9.36 Å². The number of fused-ring (bicyclic) bond motifs is 1. The molecule has 0 N–H and O–H groups in total. The van der Waals surface area contributed by atoms with E-state index >= 15 is 4.39 Å². The van der Waals surface area contributed by atoms with Gasteiger partial charge in [-0.05, 0) is 47.0 Å². The van der Waals surface area contributed by atoms with Gasteiger partial charge in [0.2, 0.25) is 0 Å². The molecule has 3 heterocycles. The Morgan fingerprint density at radius 3 is 2.46 bits per heavy atom. The molecular weight excluding hydrogens is 465 g/mol. The molecule has 0 saturated heterocycles. The van der Waals surface area contributed by atoms with Crippen molar-refractivity contribution in [2.75, 3.05) is 0 Å². The third-order valence-corrected chi connectivity index (χ3v) is 5.74. The van der Waals surface area contributed by atoms with Crippen LogP contribution in [0.4, 0.5) is 4.39 Å². The fourth-order valence-corrected chi connectivity index (χ4v) is 3.75. The predicted molar refractivity (Wildman–Crippen MR) is 135 cm³/mol. The maximum Gasteiger partial charge on any atom is 0.252 e. The van der Waals surface area contributed by atoms with Gasteiger partial charge in [0.25, 0.3) is 5.56 Å². The van der Waals surface area contributed by atoms with Crippen molar-refractivity contribution in [2.45, 2.75) is 6.17 Å². The molecule has 0 radical (unpaired) electrons. The molecule has 0 bridgehead atoms. The lowest BCUT2D eigenvalue weighted by atomic mass is 9.98. The zero-order valence-corrected chi connectivity index (χ0v) is 19.8. The zero-order chi connectivity index (χ0) is 24.9. The number of rotatable bonds is 3. The maximum atomic E-state index is 15.2. The molecule has 5 aromatic rings. The van der Waals surface area contributed by atoms with E-state index in [0.29, 0.717) is 43.9 Å². The average molecular weight is 486 g/mol. The molecule has 0 aliphatic heterocycles. The minimum atomic E-state index is -1.39. The van der Waals surface area contributed by atoms with E-state index in [1.807, 2.05) is 23.9 Å². The molecule has 1 unspecified atom stereocenters. The number of pyridine rings is 2. The van der Waals surface area contributed by atoms with Crippen LogP contribution in [0.5, 0.6) is 0 Å². The van der Waals surface area contributed by atoms with E-state index in [9.17, 15) is 10.1 Å². The van der Waals surface area contributed by atoms with Crippen LogP contribution in [0, 0.1) is 11.3 Å². The van der Waals surface area contributed by atoms with Gasteiger partial charge in [-0.25, -0.2) is 14.4 Å². The van der Waals surface area contributed by atoms with Gasteiger partial charge in [0.15, 0.2) is 6.17 Å². The van der Waals surface area contributed by atoms with Gasteiger partial charge in [-0.1, -0.05) is 35.9 Å². The van der Waals surface area contributed by atoms with E-state index in [-0.39, 0.29) is 5.56 Å². The number of hydrogen-bond acceptors (Lipinski definition) is 4. The average Bonchev–Trinajstić information content (AvgIpc) is 3.37. The second-order valence-electron chi connectivity index (χ2n) is 7.93. The lowest BCUT2D eigenvalue weighted by molar-refractivity contribution is 0.401. The molecule has 5 rings (SSSR count). The molecule has 0 saturated carbocycles. The number of halogens is 2. The van der Waals surface area contributed by atoms with E-state index in [0.717, 1.165) is 0 Å². The van der Waals surface area contributed by atoms with Gasteiger partial charge in [-0.15, -0.1) is 0 Å². The van der Waals surface area contributed by atoms with E-state index in [1.165, 1.54) is 16.8 Å². The van der Waals surface area contributed by atoms with Crippen LogP contribution in [-0.4, -0.2) is 19.1 Å². The van der Waals surface area contributed by atoms with E-state index in [4.69, 9.17) is 11.6 Å². The molecule has 2 aromatic carbocycles. The van der Waals surface area contributed by atoms with Crippen LogP contribution in [-0.2, 0) is 14.1 Å². The molecule has 35 heavy (non-hydrogen) atoms. The number of nitriles is 1. The fourth-order valence-electron chi connectivity index (χ4n) is 3.63. The van der Waals surface area contributed by atoms with Crippen LogP contribution >= 0.6 is 11.6 Å². The Labute approximate surface area is 206 Å². The molecule has 0 aliphatic carbocycles. The van der Waals surface area contributed by atoms with Crippen molar-refractivity contribution in [2.24, 2.45) is 14.1 Å². The number of alkyl halides is 1. The Morgan fingerprint density at radius 1 is 1.06 bits per heavy atom. The second-order valence-corrected chi connectivity index (χ2v) is 8.37. The normalized spacial score (nSPS) is 11.4. The second kappa shape index (κ2) is 10.3. The first-order valence-corrected chi connectivity index (χ1v) is 11.1. The van der Waals surface area contributed by atoms with Crippen molar-refractivity contribution >= 4 is 22.6 Å². The zero-order valence-electron chi connectivity index (χ0n) is 19.1. The highest BCUT2D eigenvalue weighted by Gasteiger charge is 2.17. The molecule has 0 aliphatic rings. The molecule has 1 atom stereocenters. The highest BCUT2D eigenvalue weighted by molar-refractivity contribution is 6.30. The van der Waals surface area contributed by atoms with E-state index in [1.54, 1.807) is 68.1 Å². The van der Waals surface area contributed by atoms with Crippen LogP contribution in [0.25, 0.3) is 22.2 Å². The smallest absolute Gasteiger partial charge is 0.252 e. The summed E-state index contributed by atoms with van der Waals surface area (Å²) in [6.07, 6.45) is 5.44. The third-order valence-electron chi connectivity index (χ3n) is 5.49. The highest BCUT2D eigenvalue weighted by Crippen LogP contribution is 2.32. The first kappa shape index (κ1) is 23.9. The summed E-state index contributed by atoms with van der Waals surface area (Å²) in [5, 5.41) is 10.4. The Morgan fingerprint density at radius 2 is 1.83 bits per heavy atom. The standard InChI is InChI=1S/C23H15ClFN3O.C4H6N2/c1-28-21(29)11-19(16-4-2-3-14(9-16)12-26)20-10-17(13-27-23(20)28)22(25)15-5-7-18(24)8-6-15;1-6-3-2-5-4-6/h2-11,13,22H,1H3;2-4H,1H3. The minimum Gasteiger partial charge on any atom is -0.341 e. The first-order valence-electron chi connectivity index (χ1n) is 10.7. The predicted octanol–water partition coefficient (Wildman–Crippen LogP) is 5.60. The summed E-state index contributed by atoms with van der Waals surface area (Å²) in [5.41, 5.74) is 2.84. The number of benzene rings is 2. The van der Waals surface area contributed by atoms with Gasteiger partial charge >= 0.3 is 0 Å². The van der Waals surface area contributed by atoms with Gasteiger partial charge in [-0.2, -0.15) is 5.26 Å². The highest BCUT2D eigenvalue weighted by atomic mass is 35.5. The van der Waals surface area contributed by atoms with Crippen LogP contribution in [0.2, 0.25) is 5.02 Å². The number of hydrogen-bond donors (Lipinski definition) is 0. The molecule has 0 spiro atoms. The molecule has 3 aromatic heterocycles. The third kappa shape index (κ3) is 5.29. The fraction of sp³-hybridized carbons (Fsp3) is 0.111. The summed E-state index contributed by atoms with van der Waals surface area (Å²) >= 11 is 5.90. The number of imidazole rings is 1. The number of nitrogens with zero attached hydrogens (tertiary/aromatic N) is 5. The summed E-state index contributed by atoms with van der Waals surface area (Å²) in [5.74, 6) is 0. The van der Waals surface area contributed by atoms with Crippen molar-refractivity contribution in [3.63, 3.8) is 0 Å². The van der Waals surface area contributed by atoms with Crippen LogP contribution in [0.3, 0.4) is 0 Å². The molecule has 174 valence electrons. The van der Waals surface area contributed by atoms with E-state index in [2.05, 4.69) is 16.0 Å². The van der Waals surface area contributed by atoms with Crippen molar-refractivity contribution in [1.29, 1.82) is 5.26 Å². The van der Waals surface area contributed by atoms with Gasteiger partial charge in [0, 0.05) is 54.7 Å². The summed E-state index contributed by atoms with van der Waals surface area (Å²) in [4.78, 5) is 20.6. The SMILES string of the molecule is Cn1c(=O)cc(-c2cccc(C#N)c2)c2cc(C(F)c3ccc(Cl)cc3)cnc21.Cn1ccnc1. The van der Waals surface area contributed by atoms with Crippen molar-refractivity contribution in [3.8, 4) is 17.2 Å². The van der Waals surface area contributed by atoms with E-state index < -0.39 is 6.17 Å². The maximum absolute atomic E-state index is 15.2. The largest absolute Gasteiger partial charge is 0.341 e. The lowest BCUT2D eigenvalue weighted by Crippen LogP contribution is -2.17. The first-order chi connectivity index (χ1) is 16.9. The summed E-state index contributed by atoms with van der Waals surface area (Å²) in [7, 11) is 3.56. The molecule has 8 heteroatoms. The summed E-state index contributed by atoms with van der Waals surface area (Å²) in [6.45, 7) is 0. The molecule has 0 fully saturated rings. The summed E-state index contributed by atoms with van der Waals surface area (Å²) < 4.78 is 18.5. The monoisotopic (exact) mass is 485 g/mol. The Balaban J connectivity index is 0.000000421. The molecule has 0 amide bonds. The summed E-state index contributed by atoms with van der Waals surface area (Å²) in [6, 6.07) is 18.8. The van der Waals surface area contributed by atoms with Crippen molar-refractivity contribution < 1.29 is 4.39 Å². The lowest BCUT2D eigenvalue weighted by Gasteiger charge is -2.14. The number of aromatic nitrogens is 4. The molecule has 6 nitrogen and oxygen atoms in total. The van der Waals surface area contributed by atoms with Crippen LogP contribution < -0.4 is 5.56 Å². The van der Waals surface area contributed by atoms with Crippen LogP contribution in [0.15, 0.2) is 90.4 Å². The van der Waals surface area contributed by atoms with Crippen LogP contribution in [0.1, 0.15) is 22.9 Å². The Hall–Kier alpha value is -4.28. The minimum absolute atomic E-state index is 0.232. The van der Waals surface area contributed by atoms with Gasteiger partial charge in [0.1, 0.15) is 5.65 Å².